The molecule has 0 aliphatic carbocycles. The first kappa shape index (κ1) is 23.7. The van der Waals surface area contributed by atoms with Crippen LogP contribution in [0.3, 0.4) is 0 Å². The van der Waals surface area contributed by atoms with Gasteiger partial charge in [-0.25, -0.2) is 0 Å². The maximum atomic E-state index is 12.9. The van der Waals surface area contributed by atoms with Crippen LogP contribution in [0.25, 0.3) is 11.3 Å². The van der Waals surface area contributed by atoms with E-state index in [0.717, 1.165) is 5.56 Å². The highest BCUT2D eigenvalue weighted by Crippen LogP contribution is 2.36. The monoisotopic (exact) mass is 479 g/mol. The molecule has 7 nitrogen and oxygen atoms in total. The zero-order valence-corrected chi connectivity index (χ0v) is 19.9. The predicted molar refractivity (Wildman–Crippen MR) is 129 cm³/mol. The second-order valence-corrected chi connectivity index (χ2v) is 8.92. The highest BCUT2D eigenvalue weighted by molar-refractivity contribution is 6.33. The lowest BCUT2D eigenvalue weighted by Crippen LogP contribution is -2.50. The number of carbonyl (C=O) groups is 3. The van der Waals surface area contributed by atoms with Gasteiger partial charge in [-0.1, -0.05) is 65.3 Å². The second kappa shape index (κ2) is 9.81. The number of likely N-dealkylation sites (tertiary alicyclic amines) is 1. The number of carbonyl (C=O) groups excluding carboxylic acids is 3. The second-order valence-electron chi connectivity index (χ2n) is 8.51. The summed E-state index contributed by atoms with van der Waals surface area (Å²) in [6.07, 6.45) is 1.10. The number of piperidine rings is 1. The Bertz CT molecular complexity index is 1210. The van der Waals surface area contributed by atoms with Crippen LogP contribution in [0.5, 0.6) is 0 Å². The van der Waals surface area contributed by atoms with Gasteiger partial charge in [0.1, 0.15) is 22.8 Å². The van der Waals surface area contributed by atoms with Crippen molar-refractivity contribution in [3.05, 3.63) is 76.5 Å². The number of hydrogen-bond donors (Lipinski definition) is 1. The van der Waals surface area contributed by atoms with E-state index in [2.05, 4.69) is 10.5 Å². The molecule has 8 heteroatoms. The van der Waals surface area contributed by atoms with Crippen LogP contribution in [-0.2, 0) is 15.0 Å². The third kappa shape index (κ3) is 4.48. The molecule has 0 radical (unpaired) electrons. The van der Waals surface area contributed by atoms with Gasteiger partial charge in [0.05, 0.1) is 17.0 Å². The van der Waals surface area contributed by atoms with Crippen molar-refractivity contribution in [1.29, 1.82) is 0 Å². The summed E-state index contributed by atoms with van der Waals surface area (Å²) in [7, 11) is 0. The predicted octanol–water partition coefficient (Wildman–Crippen LogP) is 4.18. The van der Waals surface area contributed by atoms with E-state index in [1.165, 1.54) is 0 Å². The maximum absolute atomic E-state index is 12.9. The van der Waals surface area contributed by atoms with E-state index < -0.39 is 11.3 Å². The number of amides is 2. The summed E-state index contributed by atoms with van der Waals surface area (Å²) in [5.41, 5.74) is 1.57. The fraction of sp³-hybridized carbons (Fsp3) is 0.308. The summed E-state index contributed by atoms with van der Waals surface area (Å²) in [6, 6.07) is 16.8. The molecule has 1 aromatic heterocycles. The van der Waals surface area contributed by atoms with Gasteiger partial charge < -0.3 is 14.7 Å². The number of Topliss-reactive ketones (excluding diaryl/α,β-unsaturated/α-hetero) is 1. The van der Waals surface area contributed by atoms with Crippen LogP contribution in [0.2, 0.25) is 5.02 Å². The highest BCUT2D eigenvalue weighted by atomic mass is 35.5. The van der Waals surface area contributed by atoms with Crippen molar-refractivity contribution in [2.75, 3.05) is 19.6 Å². The van der Waals surface area contributed by atoms with E-state index >= 15 is 0 Å². The van der Waals surface area contributed by atoms with Crippen molar-refractivity contribution >= 4 is 29.2 Å². The molecule has 1 saturated heterocycles. The number of aromatic nitrogens is 1. The Balaban J connectivity index is 1.41. The van der Waals surface area contributed by atoms with Crippen molar-refractivity contribution in [2.45, 2.75) is 32.1 Å². The average Bonchev–Trinajstić information content (AvgIpc) is 3.24. The van der Waals surface area contributed by atoms with Crippen molar-refractivity contribution in [3.8, 4) is 11.3 Å². The molecular formula is C26H26ClN3O4. The van der Waals surface area contributed by atoms with Gasteiger partial charge in [-0.3, -0.25) is 14.4 Å². The molecule has 0 atom stereocenters. The number of ketones is 1. The molecular weight excluding hydrogens is 454 g/mol. The molecule has 3 aromatic rings. The van der Waals surface area contributed by atoms with Crippen LogP contribution in [0.15, 0.2) is 59.1 Å². The van der Waals surface area contributed by atoms with E-state index in [1.54, 1.807) is 43.0 Å². The minimum Gasteiger partial charge on any atom is -0.360 e. The van der Waals surface area contributed by atoms with E-state index in [-0.39, 0.29) is 23.8 Å². The van der Waals surface area contributed by atoms with Gasteiger partial charge in [0.2, 0.25) is 5.91 Å². The lowest BCUT2D eigenvalue weighted by molar-refractivity contribution is -0.134. The van der Waals surface area contributed by atoms with Crippen LogP contribution in [0, 0.1) is 6.92 Å². The van der Waals surface area contributed by atoms with Crippen molar-refractivity contribution in [2.24, 2.45) is 0 Å². The average molecular weight is 480 g/mol. The minimum absolute atomic E-state index is 0.106. The molecule has 0 unspecified atom stereocenters. The SMILES string of the molecule is CC(=O)C1(c2ccccc2)CCN(C(=O)CNC(=O)c2c(-c3ccccc3Cl)noc2C)CC1. The fourth-order valence-corrected chi connectivity index (χ4v) is 4.80. The standard InChI is InChI=1S/C26H26ClN3O4/c1-17-23(24(29-34-17)20-10-6-7-11-21(20)27)25(33)28-16-22(32)30-14-12-26(13-15-30,18(2)31)19-8-4-3-5-9-19/h3-11H,12-16H2,1-2H3,(H,28,33). The Kier molecular flexibility index (Phi) is 6.84. The normalized spacial score (nSPS) is 15.1. The van der Waals surface area contributed by atoms with Crippen LogP contribution < -0.4 is 5.32 Å². The molecule has 2 amide bonds. The van der Waals surface area contributed by atoms with E-state index in [9.17, 15) is 14.4 Å². The number of aryl methyl sites for hydroxylation is 1. The summed E-state index contributed by atoms with van der Waals surface area (Å²) in [4.78, 5) is 40.0. The van der Waals surface area contributed by atoms with Crippen LogP contribution >= 0.6 is 11.6 Å². The molecule has 2 aromatic carbocycles. The smallest absolute Gasteiger partial charge is 0.257 e. The highest BCUT2D eigenvalue weighted by Gasteiger charge is 2.41. The number of nitrogens with one attached hydrogen (secondary N) is 1. The third-order valence-corrected chi connectivity index (χ3v) is 6.92. The molecule has 34 heavy (non-hydrogen) atoms. The van der Waals surface area contributed by atoms with Gasteiger partial charge in [-0.2, -0.15) is 0 Å². The summed E-state index contributed by atoms with van der Waals surface area (Å²) in [5.74, 6) is -0.213. The van der Waals surface area contributed by atoms with Gasteiger partial charge in [0.25, 0.3) is 5.91 Å². The topological polar surface area (TPSA) is 92.5 Å². The quantitative estimate of drug-likeness (QED) is 0.572. The van der Waals surface area contributed by atoms with Crippen molar-refractivity contribution in [1.82, 2.24) is 15.4 Å². The third-order valence-electron chi connectivity index (χ3n) is 6.59. The van der Waals surface area contributed by atoms with Gasteiger partial charge in [-0.05, 0) is 38.3 Å². The lowest BCUT2D eigenvalue weighted by Gasteiger charge is -2.40. The van der Waals surface area contributed by atoms with Crippen LogP contribution in [-0.4, -0.2) is 47.3 Å². The molecule has 1 N–H and O–H groups in total. The van der Waals surface area contributed by atoms with Gasteiger partial charge >= 0.3 is 0 Å². The Morgan fingerprint density at radius 1 is 1.06 bits per heavy atom. The summed E-state index contributed by atoms with van der Waals surface area (Å²) < 4.78 is 5.24. The molecule has 1 aliphatic heterocycles. The molecule has 1 fully saturated rings. The molecule has 0 bridgehead atoms. The Hall–Kier alpha value is -3.45. The zero-order valence-electron chi connectivity index (χ0n) is 19.1. The van der Waals surface area contributed by atoms with E-state index in [4.69, 9.17) is 16.1 Å². The molecule has 4 rings (SSSR count). The van der Waals surface area contributed by atoms with Gasteiger partial charge in [-0.15, -0.1) is 0 Å². The molecule has 1 aliphatic rings. The molecule has 2 heterocycles. The lowest BCUT2D eigenvalue weighted by atomic mass is 9.70. The van der Waals surface area contributed by atoms with E-state index in [1.807, 2.05) is 30.3 Å². The Labute approximate surface area is 203 Å². The first-order valence-corrected chi connectivity index (χ1v) is 11.5. The Morgan fingerprint density at radius 2 is 1.71 bits per heavy atom. The van der Waals surface area contributed by atoms with Crippen molar-refractivity contribution < 1.29 is 18.9 Å². The van der Waals surface area contributed by atoms with E-state index in [0.29, 0.717) is 48.0 Å². The van der Waals surface area contributed by atoms with Crippen molar-refractivity contribution in [3.63, 3.8) is 0 Å². The van der Waals surface area contributed by atoms with Gasteiger partial charge in [0, 0.05) is 18.7 Å². The minimum atomic E-state index is -0.579. The summed E-state index contributed by atoms with van der Waals surface area (Å²) in [6.45, 7) is 3.98. The summed E-state index contributed by atoms with van der Waals surface area (Å²) >= 11 is 6.27. The Morgan fingerprint density at radius 3 is 2.35 bits per heavy atom. The number of rotatable bonds is 6. The van der Waals surface area contributed by atoms with Crippen LogP contribution in [0.4, 0.5) is 0 Å². The first-order chi connectivity index (χ1) is 16.3. The largest absolute Gasteiger partial charge is 0.360 e. The number of benzene rings is 2. The molecule has 0 spiro atoms. The van der Waals surface area contributed by atoms with Crippen LogP contribution in [0.1, 0.15) is 41.4 Å². The number of hydrogen-bond acceptors (Lipinski definition) is 5. The van der Waals surface area contributed by atoms with Gasteiger partial charge in [0.15, 0.2) is 0 Å². The fourth-order valence-electron chi connectivity index (χ4n) is 4.57. The maximum Gasteiger partial charge on any atom is 0.257 e. The number of nitrogens with zero attached hydrogens (tertiary/aromatic N) is 2. The molecule has 176 valence electrons. The molecule has 0 saturated carbocycles. The zero-order chi connectivity index (χ0) is 24.3. The number of halogens is 1. The summed E-state index contributed by atoms with van der Waals surface area (Å²) in [5, 5.41) is 7.13. The first-order valence-electron chi connectivity index (χ1n) is 11.2.